The minimum Gasteiger partial charge on any atom is -0.480 e. The first-order chi connectivity index (χ1) is 33.5. The molecule has 0 aliphatic carbocycles. The molecule has 0 atom stereocenters. The minimum absolute atomic E-state index is 0.0295. The monoisotopic (exact) mass is 1000 g/mol. The number of ether oxygens (including phenoxy) is 12. The fourth-order valence-electron chi connectivity index (χ4n) is 6.04. The Morgan fingerprint density at radius 1 is 0.333 bits per heavy atom. The van der Waals surface area contributed by atoms with Gasteiger partial charge in [0, 0.05) is 65.3 Å². The van der Waals surface area contributed by atoms with Crippen molar-refractivity contribution in [2.24, 2.45) is 0 Å². The highest BCUT2D eigenvalue weighted by Crippen LogP contribution is 2.02. The lowest BCUT2D eigenvalue weighted by Gasteiger charge is -2.32. The fourth-order valence-corrected chi connectivity index (χ4v) is 6.04. The van der Waals surface area contributed by atoms with Crippen LogP contribution in [0.25, 0.3) is 0 Å². The van der Waals surface area contributed by atoms with E-state index in [0.29, 0.717) is 211 Å². The van der Waals surface area contributed by atoms with Crippen LogP contribution in [0.1, 0.15) is 13.3 Å². The van der Waals surface area contributed by atoms with Crippen LogP contribution in [0, 0.1) is 0 Å². The number of carbonyl (C=O) groups excluding carboxylic acids is 2. The van der Waals surface area contributed by atoms with Gasteiger partial charge in [0.1, 0.15) is 5.78 Å². The summed E-state index contributed by atoms with van der Waals surface area (Å²) in [6.07, 6.45) is 0.426. The lowest BCUT2D eigenvalue weighted by atomic mass is 10.3. The maximum absolute atomic E-state index is 12.8. The van der Waals surface area contributed by atoms with Crippen molar-refractivity contribution in [1.29, 1.82) is 0 Å². The maximum Gasteiger partial charge on any atom is 0.317 e. The molecular formula is C44H83N5O20. The van der Waals surface area contributed by atoms with Gasteiger partial charge in [-0.3, -0.25) is 43.6 Å². The van der Waals surface area contributed by atoms with E-state index in [2.05, 4.69) is 5.32 Å². The zero-order valence-corrected chi connectivity index (χ0v) is 40.9. The Balaban J connectivity index is 1.91. The van der Waals surface area contributed by atoms with Crippen LogP contribution in [0.2, 0.25) is 0 Å². The maximum atomic E-state index is 12.8. The third kappa shape index (κ3) is 45.8. The Labute approximate surface area is 407 Å². The normalized spacial score (nSPS) is 14.9. The van der Waals surface area contributed by atoms with E-state index >= 15 is 0 Å². The van der Waals surface area contributed by atoms with Gasteiger partial charge in [-0.05, 0) is 6.92 Å². The summed E-state index contributed by atoms with van der Waals surface area (Å²) in [4.78, 5) is 64.9. The van der Waals surface area contributed by atoms with E-state index in [1.165, 1.54) is 6.92 Å². The van der Waals surface area contributed by atoms with Crippen LogP contribution < -0.4 is 5.32 Å². The van der Waals surface area contributed by atoms with Gasteiger partial charge in [-0.2, -0.15) is 0 Å². The zero-order chi connectivity index (χ0) is 50.3. The van der Waals surface area contributed by atoms with Crippen LogP contribution in [0.3, 0.4) is 0 Å². The summed E-state index contributed by atoms with van der Waals surface area (Å²) < 4.78 is 65.6. The van der Waals surface area contributed by atoms with Gasteiger partial charge in [0.25, 0.3) is 0 Å². The first-order valence-corrected chi connectivity index (χ1v) is 23.8. The van der Waals surface area contributed by atoms with Gasteiger partial charge in [0.2, 0.25) is 5.91 Å². The third-order valence-corrected chi connectivity index (χ3v) is 9.63. The molecule has 0 aromatic carbocycles. The molecule has 0 aromatic rings. The summed E-state index contributed by atoms with van der Waals surface area (Å²) in [7, 11) is 0. The first kappa shape index (κ1) is 63.9. The molecule has 1 fully saturated rings. The third-order valence-electron chi connectivity index (χ3n) is 9.63. The van der Waals surface area contributed by atoms with Crippen LogP contribution in [0.15, 0.2) is 0 Å². The number of amides is 1. The second-order valence-electron chi connectivity index (χ2n) is 15.4. The number of nitrogens with zero attached hydrogens (tertiary/aromatic N) is 4. The van der Waals surface area contributed by atoms with Gasteiger partial charge < -0.3 is 77.5 Å². The topological polar surface area (TPSA) is 282 Å². The molecule has 1 amide bonds. The first-order valence-electron chi connectivity index (χ1n) is 23.8. The zero-order valence-electron chi connectivity index (χ0n) is 40.9. The number of carbonyl (C=O) groups is 5. The number of carboxylic acid groups (broad SMARTS) is 3. The summed E-state index contributed by atoms with van der Waals surface area (Å²) in [6, 6.07) is 0. The smallest absolute Gasteiger partial charge is 0.317 e. The van der Waals surface area contributed by atoms with E-state index < -0.39 is 17.9 Å². The predicted molar refractivity (Wildman–Crippen MR) is 247 cm³/mol. The Morgan fingerprint density at radius 2 is 0.536 bits per heavy atom. The predicted octanol–water partition coefficient (Wildman–Crippen LogP) is -2.24. The van der Waals surface area contributed by atoms with E-state index in [1.54, 1.807) is 14.7 Å². The minimum atomic E-state index is -1.02. The molecule has 404 valence electrons. The van der Waals surface area contributed by atoms with Gasteiger partial charge in [-0.15, -0.1) is 0 Å². The van der Waals surface area contributed by atoms with E-state index in [-0.39, 0.29) is 51.0 Å². The SMILES string of the molecule is CC(=O)CCOCCOCCOCCOCCOCCOCCOCCOCCOCCOCCOCCOCCNC(=O)CN1CCN(CC(=O)O)CCN(CC(=O)O)CCN(CC(=O)O)CC1. The van der Waals surface area contributed by atoms with Gasteiger partial charge >= 0.3 is 17.9 Å². The van der Waals surface area contributed by atoms with Crippen molar-refractivity contribution in [3.8, 4) is 0 Å². The Morgan fingerprint density at radius 3 is 0.754 bits per heavy atom. The molecule has 0 spiro atoms. The lowest BCUT2D eigenvalue weighted by molar-refractivity contribution is -0.140. The second-order valence-corrected chi connectivity index (χ2v) is 15.4. The Kier molecular flexibility index (Phi) is 43.8. The molecule has 0 saturated carbocycles. The molecular weight excluding hydrogens is 918 g/mol. The fraction of sp³-hybridized carbons (Fsp3) is 0.886. The summed E-state index contributed by atoms with van der Waals surface area (Å²) in [5, 5.41) is 30.9. The van der Waals surface area contributed by atoms with Gasteiger partial charge in [-0.1, -0.05) is 0 Å². The summed E-state index contributed by atoms with van der Waals surface area (Å²) in [5.74, 6) is -3.19. The van der Waals surface area contributed by atoms with Crippen molar-refractivity contribution < 1.29 is 96.1 Å². The van der Waals surface area contributed by atoms with Gasteiger partial charge in [0.05, 0.1) is 185 Å². The Hall–Kier alpha value is -3.09. The highest BCUT2D eigenvalue weighted by atomic mass is 16.6. The quantitative estimate of drug-likeness (QED) is 0.0469. The molecule has 0 radical (unpaired) electrons. The van der Waals surface area contributed by atoms with E-state index in [4.69, 9.17) is 56.8 Å². The van der Waals surface area contributed by atoms with E-state index in [1.807, 2.05) is 4.90 Å². The number of hydrogen-bond donors (Lipinski definition) is 4. The summed E-state index contributed by atoms with van der Waals surface area (Å²) in [6.45, 7) is 14.2. The highest BCUT2D eigenvalue weighted by Gasteiger charge is 2.21. The second kappa shape index (κ2) is 47.2. The van der Waals surface area contributed by atoms with Crippen molar-refractivity contribution >= 4 is 29.6 Å². The molecule has 0 bridgehead atoms. The molecule has 25 nitrogen and oxygen atoms in total. The standard InChI is InChI=1S/C44H83N5O20/c1-40(50)2-12-58-14-16-60-18-20-62-22-24-64-26-28-66-30-32-68-34-35-69-33-31-67-29-27-65-25-23-63-21-19-61-17-15-59-13-3-45-41(51)36-46-4-6-47(37-42(52)53)8-10-49(39-44(56)57)11-9-48(7-5-46)38-43(54)55/h2-39H2,1H3,(H,45,51)(H,52,53)(H,54,55)(H,56,57). The molecule has 4 N–H and O–H groups in total. The molecule has 1 aliphatic rings. The molecule has 1 heterocycles. The Bertz CT molecular complexity index is 1250. The van der Waals surface area contributed by atoms with Gasteiger partial charge in [0.15, 0.2) is 0 Å². The average Bonchev–Trinajstić information content (AvgIpc) is 3.30. The van der Waals surface area contributed by atoms with E-state index in [0.717, 1.165) is 0 Å². The molecule has 0 aromatic heterocycles. The summed E-state index contributed by atoms with van der Waals surface area (Å²) in [5.41, 5.74) is 0. The van der Waals surface area contributed by atoms with Crippen LogP contribution in [-0.4, -0.2) is 308 Å². The van der Waals surface area contributed by atoms with Crippen LogP contribution in [0.4, 0.5) is 0 Å². The number of hydrogen-bond acceptors (Lipinski definition) is 21. The van der Waals surface area contributed by atoms with Crippen LogP contribution in [0.5, 0.6) is 0 Å². The van der Waals surface area contributed by atoms with Crippen LogP contribution >= 0.6 is 0 Å². The van der Waals surface area contributed by atoms with Crippen molar-refractivity contribution in [3.05, 3.63) is 0 Å². The lowest BCUT2D eigenvalue weighted by Crippen LogP contribution is -2.50. The average molecular weight is 1000 g/mol. The largest absolute Gasteiger partial charge is 0.480 e. The molecule has 1 saturated heterocycles. The molecule has 69 heavy (non-hydrogen) atoms. The molecule has 0 unspecified atom stereocenters. The van der Waals surface area contributed by atoms with Crippen molar-refractivity contribution in [3.63, 3.8) is 0 Å². The number of ketones is 1. The summed E-state index contributed by atoms with van der Waals surface area (Å²) >= 11 is 0. The molecule has 1 aliphatic heterocycles. The number of nitrogens with one attached hydrogen (secondary N) is 1. The van der Waals surface area contributed by atoms with Crippen molar-refractivity contribution in [1.82, 2.24) is 24.9 Å². The van der Waals surface area contributed by atoms with Crippen molar-refractivity contribution in [2.45, 2.75) is 13.3 Å². The van der Waals surface area contributed by atoms with Gasteiger partial charge in [-0.25, -0.2) is 0 Å². The number of aliphatic carboxylic acids is 3. The number of carboxylic acids is 3. The molecule has 1 rings (SSSR count). The van der Waals surface area contributed by atoms with E-state index in [9.17, 15) is 39.3 Å². The molecule has 25 heteroatoms. The number of rotatable bonds is 47. The number of Topliss-reactive ketones (excluding diaryl/α,β-unsaturated/α-hetero) is 1. The van der Waals surface area contributed by atoms with Crippen LogP contribution in [-0.2, 0) is 80.8 Å². The highest BCUT2D eigenvalue weighted by molar-refractivity contribution is 5.78. The van der Waals surface area contributed by atoms with Crippen molar-refractivity contribution in [2.75, 3.05) is 244 Å².